The number of ether oxygens (including phenoxy) is 3. The number of nitrogens with zero attached hydrogens (tertiary/aromatic N) is 5. The molecule has 11 heteroatoms. The van der Waals surface area contributed by atoms with E-state index in [-0.39, 0.29) is 13.0 Å². The Balaban J connectivity index is 1.63. The molecule has 2 aromatic rings. The molecule has 0 aromatic carbocycles. The number of hydrogen-bond donors (Lipinski definition) is 1. The van der Waals surface area contributed by atoms with E-state index in [0.717, 1.165) is 0 Å². The van der Waals surface area contributed by atoms with Gasteiger partial charge in [-0.15, -0.1) is 0 Å². The van der Waals surface area contributed by atoms with Gasteiger partial charge < -0.3 is 24.2 Å². The zero-order valence-electron chi connectivity index (χ0n) is 18.0. The number of morpholine rings is 1. The standard InChI is InChI=1S/C20H28FN5O5/c1-4-5-14(27)30-10-13-20(3,28)19(2,21)18(31-13)26-12-24-15-16(22-11-23-17(15)26)25-6-8-29-9-7-25/h11-13,18,28H,4-10H2,1-3H3/t13-,18+,19+,20-/m1/s1. The van der Waals surface area contributed by atoms with Crippen LogP contribution in [0.25, 0.3) is 11.2 Å². The van der Waals surface area contributed by atoms with Crippen LogP contribution in [0.4, 0.5) is 10.2 Å². The molecular weight excluding hydrogens is 409 g/mol. The average molecular weight is 437 g/mol. The van der Waals surface area contributed by atoms with Crippen LogP contribution >= 0.6 is 0 Å². The molecular formula is C20H28FN5O5. The van der Waals surface area contributed by atoms with Gasteiger partial charge >= 0.3 is 5.97 Å². The van der Waals surface area contributed by atoms with Crippen molar-refractivity contribution in [1.29, 1.82) is 0 Å². The van der Waals surface area contributed by atoms with E-state index in [9.17, 15) is 9.90 Å². The van der Waals surface area contributed by atoms with Crippen LogP contribution in [0.3, 0.4) is 0 Å². The summed E-state index contributed by atoms with van der Waals surface area (Å²) in [5.41, 5.74) is -3.20. The molecule has 0 radical (unpaired) electrons. The van der Waals surface area contributed by atoms with Crippen molar-refractivity contribution in [3.8, 4) is 0 Å². The lowest BCUT2D eigenvalue weighted by atomic mass is 9.84. The van der Waals surface area contributed by atoms with Gasteiger partial charge in [-0.3, -0.25) is 9.36 Å². The Kier molecular flexibility index (Phi) is 5.84. The molecule has 0 saturated carbocycles. The second kappa shape index (κ2) is 8.29. The lowest BCUT2D eigenvalue weighted by molar-refractivity contribution is -0.153. The summed E-state index contributed by atoms with van der Waals surface area (Å²) in [7, 11) is 0. The van der Waals surface area contributed by atoms with Crippen molar-refractivity contribution in [3.63, 3.8) is 0 Å². The third-order valence-electron chi connectivity index (χ3n) is 6.13. The highest BCUT2D eigenvalue weighted by Gasteiger charge is 2.63. The molecule has 2 aromatic heterocycles. The molecule has 2 aliphatic heterocycles. The van der Waals surface area contributed by atoms with Gasteiger partial charge in [0.2, 0.25) is 0 Å². The van der Waals surface area contributed by atoms with E-state index >= 15 is 4.39 Å². The molecule has 0 amide bonds. The van der Waals surface area contributed by atoms with Crippen molar-refractivity contribution in [1.82, 2.24) is 19.5 Å². The fraction of sp³-hybridized carbons (Fsp3) is 0.700. The van der Waals surface area contributed by atoms with Gasteiger partial charge in [0.1, 0.15) is 24.6 Å². The molecule has 10 nitrogen and oxygen atoms in total. The molecule has 170 valence electrons. The summed E-state index contributed by atoms with van der Waals surface area (Å²) in [4.78, 5) is 26.9. The number of fused-ring (bicyclic) bond motifs is 1. The van der Waals surface area contributed by atoms with Gasteiger partial charge in [-0.1, -0.05) is 6.92 Å². The molecule has 0 bridgehead atoms. The van der Waals surface area contributed by atoms with Crippen LogP contribution in [0.15, 0.2) is 12.7 Å². The molecule has 4 rings (SSSR count). The van der Waals surface area contributed by atoms with Gasteiger partial charge in [-0.25, -0.2) is 19.3 Å². The number of hydrogen-bond acceptors (Lipinski definition) is 9. The summed E-state index contributed by atoms with van der Waals surface area (Å²) >= 11 is 0. The first kappa shape index (κ1) is 21.8. The number of anilines is 1. The van der Waals surface area contributed by atoms with Crippen molar-refractivity contribution in [3.05, 3.63) is 12.7 Å². The Hall–Kier alpha value is -2.37. The molecule has 4 heterocycles. The molecule has 2 fully saturated rings. The molecule has 31 heavy (non-hydrogen) atoms. The lowest BCUT2D eigenvalue weighted by Gasteiger charge is -2.33. The fourth-order valence-corrected chi connectivity index (χ4v) is 3.97. The monoisotopic (exact) mass is 437 g/mol. The third kappa shape index (κ3) is 3.74. The Morgan fingerprint density at radius 1 is 1.32 bits per heavy atom. The van der Waals surface area contributed by atoms with Crippen LogP contribution in [-0.4, -0.2) is 80.9 Å². The number of imidazole rings is 1. The van der Waals surface area contributed by atoms with Gasteiger partial charge in [0, 0.05) is 19.5 Å². The van der Waals surface area contributed by atoms with Gasteiger partial charge in [0.05, 0.1) is 19.5 Å². The van der Waals surface area contributed by atoms with E-state index in [4.69, 9.17) is 14.2 Å². The second-order valence-corrected chi connectivity index (χ2v) is 8.25. The van der Waals surface area contributed by atoms with E-state index in [1.165, 1.54) is 31.1 Å². The minimum atomic E-state index is -2.20. The Morgan fingerprint density at radius 3 is 2.77 bits per heavy atom. The zero-order chi connectivity index (χ0) is 22.2. The van der Waals surface area contributed by atoms with Gasteiger partial charge in [-0.2, -0.15) is 0 Å². The maximum Gasteiger partial charge on any atom is 0.305 e. The number of halogens is 1. The van der Waals surface area contributed by atoms with E-state index in [1.54, 1.807) is 0 Å². The minimum absolute atomic E-state index is 0.248. The van der Waals surface area contributed by atoms with Crippen molar-refractivity contribution >= 4 is 23.0 Å². The maximum atomic E-state index is 15.9. The summed E-state index contributed by atoms with van der Waals surface area (Å²) in [5, 5.41) is 10.9. The number of carbonyl (C=O) groups is 1. The Morgan fingerprint density at radius 2 is 2.06 bits per heavy atom. The van der Waals surface area contributed by atoms with E-state index in [1.807, 2.05) is 11.8 Å². The topological polar surface area (TPSA) is 112 Å². The van der Waals surface area contributed by atoms with Gasteiger partial charge in [0.25, 0.3) is 0 Å². The Bertz CT molecular complexity index is 943. The molecule has 1 N–H and O–H groups in total. The largest absolute Gasteiger partial charge is 0.463 e. The summed E-state index contributed by atoms with van der Waals surface area (Å²) in [6.45, 7) is 6.72. The molecule has 2 aliphatic rings. The van der Waals surface area contributed by atoms with Gasteiger partial charge in [-0.05, 0) is 20.3 Å². The zero-order valence-corrected chi connectivity index (χ0v) is 18.0. The van der Waals surface area contributed by atoms with E-state index < -0.39 is 29.6 Å². The predicted molar refractivity (Wildman–Crippen MR) is 108 cm³/mol. The number of carbonyl (C=O) groups excluding carboxylic acids is 1. The van der Waals surface area contributed by atoms with E-state index in [0.29, 0.717) is 49.7 Å². The predicted octanol–water partition coefficient (Wildman–Crippen LogP) is 1.38. The fourth-order valence-electron chi connectivity index (χ4n) is 3.97. The van der Waals surface area contributed by atoms with Crippen molar-refractivity contribution < 1.29 is 28.5 Å². The number of rotatable bonds is 6. The summed E-state index contributed by atoms with van der Waals surface area (Å²) in [6, 6.07) is 0. The van der Waals surface area contributed by atoms with Crippen LogP contribution in [0, 0.1) is 0 Å². The van der Waals surface area contributed by atoms with Crippen LogP contribution < -0.4 is 4.90 Å². The number of aliphatic hydroxyl groups is 1. The number of alkyl halides is 1. The lowest BCUT2D eigenvalue weighted by Crippen LogP contribution is -2.52. The van der Waals surface area contributed by atoms with Crippen LogP contribution in [-0.2, 0) is 19.0 Å². The van der Waals surface area contributed by atoms with Crippen LogP contribution in [0.5, 0.6) is 0 Å². The molecule has 4 atom stereocenters. The number of aromatic nitrogens is 4. The van der Waals surface area contributed by atoms with Crippen molar-refractivity contribution in [2.75, 3.05) is 37.8 Å². The minimum Gasteiger partial charge on any atom is -0.463 e. The van der Waals surface area contributed by atoms with Crippen molar-refractivity contribution in [2.24, 2.45) is 0 Å². The van der Waals surface area contributed by atoms with Gasteiger partial charge in [0.15, 0.2) is 28.9 Å². The highest BCUT2D eigenvalue weighted by molar-refractivity contribution is 5.83. The SMILES string of the molecule is CCCC(=O)OC[C@H]1O[C@H](n2cnc3c(N4CCOCC4)ncnc32)[C@](C)(F)[C@]1(C)O. The first-order valence-corrected chi connectivity index (χ1v) is 10.5. The molecule has 0 spiro atoms. The van der Waals surface area contributed by atoms with E-state index in [2.05, 4.69) is 15.0 Å². The highest BCUT2D eigenvalue weighted by atomic mass is 19.1. The normalized spacial score (nSPS) is 31.3. The molecule has 0 unspecified atom stereocenters. The average Bonchev–Trinajstić information content (AvgIpc) is 3.24. The second-order valence-electron chi connectivity index (χ2n) is 8.25. The highest BCUT2D eigenvalue weighted by Crippen LogP contribution is 2.49. The number of esters is 1. The first-order chi connectivity index (χ1) is 14.8. The quantitative estimate of drug-likeness (QED) is 0.670. The first-order valence-electron chi connectivity index (χ1n) is 10.5. The summed E-state index contributed by atoms with van der Waals surface area (Å²) in [5.74, 6) is 0.226. The maximum absolute atomic E-state index is 15.9. The van der Waals surface area contributed by atoms with Crippen molar-refractivity contribution in [2.45, 2.75) is 57.2 Å². The van der Waals surface area contributed by atoms with Crippen LogP contribution in [0.2, 0.25) is 0 Å². The van der Waals surface area contributed by atoms with Crippen LogP contribution in [0.1, 0.15) is 39.8 Å². The Labute approximate surface area is 179 Å². The summed E-state index contributed by atoms with van der Waals surface area (Å²) < 4.78 is 33.8. The summed E-state index contributed by atoms with van der Waals surface area (Å²) in [6.07, 6.45) is 1.46. The molecule has 2 saturated heterocycles. The molecule has 0 aliphatic carbocycles. The smallest absolute Gasteiger partial charge is 0.305 e. The third-order valence-corrected chi connectivity index (χ3v) is 6.13.